The minimum atomic E-state index is -4.57. The monoisotopic (exact) mass is 350 g/mol. The summed E-state index contributed by atoms with van der Waals surface area (Å²) in [7, 11) is 0. The molecule has 2 unspecified atom stereocenters. The summed E-state index contributed by atoms with van der Waals surface area (Å²) in [6, 6.07) is 4.54. The van der Waals surface area contributed by atoms with Crippen molar-refractivity contribution >= 4 is 17.7 Å². The fourth-order valence-corrected chi connectivity index (χ4v) is 1.42. The summed E-state index contributed by atoms with van der Waals surface area (Å²) >= 11 is 0. The number of carboxylic acid groups (broad SMARTS) is 1. The average molecular weight is 350 g/mol. The van der Waals surface area contributed by atoms with E-state index in [0.717, 1.165) is 13.8 Å². The number of benzene rings is 1. The van der Waals surface area contributed by atoms with Crippen LogP contribution in [0.3, 0.4) is 0 Å². The molecule has 0 heterocycles. The highest BCUT2D eigenvalue weighted by Crippen LogP contribution is 2.29. The van der Waals surface area contributed by atoms with Crippen molar-refractivity contribution < 1.29 is 37.7 Å². The molecule has 0 aliphatic rings. The number of amides is 2. The molecule has 7 nitrogen and oxygen atoms in total. The predicted molar refractivity (Wildman–Crippen MR) is 77.9 cm³/mol. The number of carbonyl (C=O) groups excluding carboxylic acids is 1. The molecule has 2 atom stereocenters. The van der Waals surface area contributed by atoms with E-state index in [9.17, 15) is 27.9 Å². The van der Waals surface area contributed by atoms with Gasteiger partial charge in [0.15, 0.2) is 11.7 Å². The molecule has 0 bridgehead atoms. The van der Waals surface area contributed by atoms with Crippen LogP contribution in [0.2, 0.25) is 0 Å². The van der Waals surface area contributed by atoms with Crippen LogP contribution < -0.4 is 15.4 Å². The van der Waals surface area contributed by atoms with Crippen LogP contribution in [-0.4, -0.2) is 46.6 Å². The number of ether oxygens (including phenoxy) is 1. The Kier molecular flexibility index (Phi) is 6.02. The van der Waals surface area contributed by atoms with Crippen LogP contribution in [0.5, 0.6) is 5.75 Å². The molecule has 0 aliphatic carbocycles. The number of urea groups is 1. The van der Waals surface area contributed by atoms with E-state index in [-0.39, 0.29) is 11.4 Å². The number of carbonyl (C=O) groups is 2. The number of hydrogen-bond donors (Lipinski definition) is 4. The average Bonchev–Trinajstić information content (AvgIpc) is 2.46. The van der Waals surface area contributed by atoms with Crippen LogP contribution in [0.25, 0.3) is 0 Å². The van der Waals surface area contributed by atoms with Gasteiger partial charge in [-0.05, 0) is 26.0 Å². The van der Waals surface area contributed by atoms with Crippen LogP contribution in [-0.2, 0) is 4.79 Å². The molecule has 0 saturated heterocycles. The number of halogens is 3. The van der Waals surface area contributed by atoms with Gasteiger partial charge in [0, 0.05) is 0 Å². The molecular formula is C14H17F3N2O5. The molecule has 0 radical (unpaired) electrons. The molecule has 2 amide bonds. The van der Waals surface area contributed by atoms with Crippen molar-refractivity contribution in [2.24, 2.45) is 0 Å². The van der Waals surface area contributed by atoms with Crippen LogP contribution in [0.1, 0.15) is 13.8 Å². The number of aliphatic carboxylic acids is 1. The minimum absolute atomic E-state index is 0.0407. The first-order valence-corrected chi connectivity index (χ1v) is 6.76. The lowest BCUT2D eigenvalue weighted by Crippen LogP contribution is -2.47. The predicted octanol–water partition coefficient (Wildman–Crippen LogP) is 1.97. The summed E-state index contributed by atoms with van der Waals surface area (Å²) in [5.41, 5.74) is -2.22. The van der Waals surface area contributed by atoms with Gasteiger partial charge < -0.3 is 25.6 Å². The number of anilines is 1. The van der Waals surface area contributed by atoms with E-state index in [0.29, 0.717) is 0 Å². The Morgan fingerprint density at radius 3 is 2.42 bits per heavy atom. The van der Waals surface area contributed by atoms with E-state index in [1.165, 1.54) is 24.3 Å². The second-order valence-corrected chi connectivity index (χ2v) is 5.18. The van der Waals surface area contributed by atoms with Crippen molar-refractivity contribution in [1.82, 2.24) is 5.32 Å². The summed E-state index contributed by atoms with van der Waals surface area (Å²) in [5, 5.41) is 22.5. The van der Waals surface area contributed by atoms with E-state index in [2.05, 4.69) is 10.6 Å². The second-order valence-electron chi connectivity index (χ2n) is 5.18. The van der Waals surface area contributed by atoms with Gasteiger partial charge in [-0.15, -0.1) is 0 Å². The summed E-state index contributed by atoms with van der Waals surface area (Å²) in [6.07, 6.45) is -6.66. The Bertz CT molecular complexity index is 604. The largest absolute Gasteiger partial charge is 0.479 e. The van der Waals surface area contributed by atoms with Gasteiger partial charge in [-0.1, -0.05) is 12.1 Å². The molecule has 1 aromatic carbocycles. The standard InChI is InChI=1S/C14H17F3N2O5/c1-8(14(15,16)17)24-10-6-4-3-5-9(10)19-12(22)18-7-13(2,23)11(20)21/h3-6,8,23H,7H2,1-2H3,(H,20,21)(H2,18,19,22). The Morgan fingerprint density at radius 2 is 1.88 bits per heavy atom. The topological polar surface area (TPSA) is 108 Å². The molecule has 0 aromatic heterocycles. The smallest absolute Gasteiger partial charge is 0.425 e. The molecule has 0 spiro atoms. The highest BCUT2D eigenvalue weighted by Gasteiger charge is 2.38. The zero-order valence-corrected chi connectivity index (χ0v) is 12.8. The van der Waals surface area contributed by atoms with Gasteiger partial charge >= 0.3 is 18.2 Å². The molecule has 0 aliphatic heterocycles. The maximum Gasteiger partial charge on any atom is 0.425 e. The van der Waals surface area contributed by atoms with Gasteiger partial charge in [0.2, 0.25) is 0 Å². The van der Waals surface area contributed by atoms with Gasteiger partial charge in [0.1, 0.15) is 5.75 Å². The molecule has 24 heavy (non-hydrogen) atoms. The fourth-order valence-electron chi connectivity index (χ4n) is 1.42. The Hall–Kier alpha value is -2.49. The molecule has 10 heteroatoms. The van der Waals surface area contributed by atoms with E-state index < -0.39 is 36.4 Å². The third kappa shape index (κ3) is 5.61. The number of rotatable bonds is 6. The first-order valence-electron chi connectivity index (χ1n) is 6.76. The minimum Gasteiger partial charge on any atom is -0.479 e. The number of alkyl halides is 3. The van der Waals surface area contributed by atoms with E-state index in [1.54, 1.807) is 0 Å². The zero-order valence-electron chi connectivity index (χ0n) is 12.8. The van der Waals surface area contributed by atoms with Crippen molar-refractivity contribution in [3.8, 4) is 5.75 Å². The van der Waals surface area contributed by atoms with Gasteiger partial charge in [-0.25, -0.2) is 9.59 Å². The van der Waals surface area contributed by atoms with Crippen molar-refractivity contribution in [2.75, 3.05) is 11.9 Å². The summed E-state index contributed by atoms with van der Waals surface area (Å²) < 4.78 is 42.4. The van der Waals surface area contributed by atoms with Crippen molar-refractivity contribution in [3.63, 3.8) is 0 Å². The zero-order chi connectivity index (χ0) is 18.5. The van der Waals surface area contributed by atoms with Crippen molar-refractivity contribution in [3.05, 3.63) is 24.3 Å². The Labute approximate surface area is 135 Å². The van der Waals surface area contributed by atoms with Crippen molar-refractivity contribution in [1.29, 1.82) is 0 Å². The first kappa shape index (κ1) is 19.6. The molecule has 0 fully saturated rings. The Morgan fingerprint density at radius 1 is 1.29 bits per heavy atom. The van der Waals surface area contributed by atoms with Crippen molar-refractivity contribution in [2.45, 2.75) is 31.7 Å². The highest BCUT2D eigenvalue weighted by molar-refractivity contribution is 5.91. The fraction of sp³-hybridized carbons (Fsp3) is 0.429. The van der Waals surface area contributed by atoms with Crippen LogP contribution in [0.15, 0.2) is 24.3 Å². The SMILES string of the molecule is CC(Oc1ccccc1NC(=O)NCC(C)(O)C(=O)O)C(F)(F)F. The normalized spacial score (nSPS) is 15.1. The van der Waals surface area contributed by atoms with Crippen LogP contribution in [0, 0.1) is 0 Å². The Balaban J connectivity index is 2.75. The molecule has 4 N–H and O–H groups in total. The lowest BCUT2D eigenvalue weighted by atomic mass is 10.1. The van der Waals surface area contributed by atoms with E-state index in [1.807, 2.05) is 0 Å². The molecular weight excluding hydrogens is 333 g/mol. The van der Waals surface area contributed by atoms with Crippen LogP contribution >= 0.6 is 0 Å². The lowest BCUT2D eigenvalue weighted by molar-refractivity contribution is -0.189. The number of aliphatic hydroxyl groups is 1. The number of nitrogens with one attached hydrogen (secondary N) is 2. The third-order valence-corrected chi connectivity index (χ3v) is 2.95. The maximum atomic E-state index is 12.5. The molecule has 134 valence electrons. The maximum absolute atomic E-state index is 12.5. The van der Waals surface area contributed by atoms with E-state index in [4.69, 9.17) is 9.84 Å². The first-order chi connectivity index (χ1) is 10.9. The number of carboxylic acids is 1. The number of hydrogen-bond acceptors (Lipinski definition) is 4. The lowest BCUT2D eigenvalue weighted by Gasteiger charge is -2.21. The van der Waals surface area contributed by atoms with Gasteiger partial charge in [0.25, 0.3) is 0 Å². The number of para-hydroxylation sites is 2. The van der Waals surface area contributed by atoms with Gasteiger partial charge in [-0.2, -0.15) is 13.2 Å². The molecule has 1 rings (SSSR count). The third-order valence-electron chi connectivity index (χ3n) is 2.95. The molecule has 1 aromatic rings. The summed E-state index contributed by atoms with van der Waals surface area (Å²) in [5.74, 6) is -1.74. The second kappa shape index (κ2) is 7.39. The van der Waals surface area contributed by atoms with Gasteiger partial charge in [-0.3, -0.25) is 0 Å². The summed E-state index contributed by atoms with van der Waals surface area (Å²) in [6.45, 7) is 1.20. The van der Waals surface area contributed by atoms with Gasteiger partial charge in [0.05, 0.1) is 12.2 Å². The highest BCUT2D eigenvalue weighted by atomic mass is 19.4. The van der Waals surface area contributed by atoms with E-state index >= 15 is 0 Å². The summed E-state index contributed by atoms with van der Waals surface area (Å²) in [4.78, 5) is 22.4. The molecule has 0 saturated carbocycles. The quantitative estimate of drug-likeness (QED) is 0.627. The van der Waals surface area contributed by atoms with Crippen LogP contribution in [0.4, 0.5) is 23.7 Å².